The molecule has 0 bridgehead atoms. The summed E-state index contributed by atoms with van der Waals surface area (Å²) in [7, 11) is -3.86. The van der Waals surface area contributed by atoms with E-state index < -0.39 is 10.0 Å². The largest absolute Gasteiger partial charge is 0.398 e. The van der Waals surface area contributed by atoms with Crippen molar-refractivity contribution in [3.05, 3.63) is 50.4 Å². The quantitative estimate of drug-likeness (QED) is 0.735. The molecule has 3 N–H and O–H groups in total. The van der Waals surface area contributed by atoms with Crippen LogP contribution in [0.3, 0.4) is 0 Å². The molecule has 0 unspecified atom stereocenters. The number of benzene rings is 2. The Labute approximate surface area is 141 Å². The van der Waals surface area contributed by atoms with Gasteiger partial charge in [-0.3, -0.25) is 4.72 Å². The van der Waals surface area contributed by atoms with E-state index in [0.29, 0.717) is 15.7 Å². The molecule has 2 aromatic carbocycles. The zero-order valence-corrected chi connectivity index (χ0v) is 14.7. The summed E-state index contributed by atoms with van der Waals surface area (Å²) in [6, 6.07) is 7.83. The Morgan fingerprint density at radius 3 is 2.33 bits per heavy atom. The van der Waals surface area contributed by atoms with E-state index in [-0.39, 0.29) is 20.6 Å². The maximum absolute atomic E-state index is 12.5. The van der Waals surface area contributed by atoms with Gasteiger partial charge in [-0.1, -0.05) is 45.2 Å². The molecule has 112 valence electrons. The van der Waals surface area contributed by atoms with Crippen molar-refractivity contribution >= 4 is 60.5 Å². The Hall–Kier alpha value is -0.950. The number of rotatable bonds is 3. The molecule has 0 amide bonds. The number of halogens is 3. The van der Waals surface area contributed by atoms with E-state index in [1.165, 1.54) is 6.07 Å². The van der Waals surface area contributed by atoms with Gasteiger partial charge in [0.2, 0.25) is 0 Å². The van der Waals surface area contributed by atoms with Crippen molar-refractivity contribution < 1.29 is 8.42 Å². The van der Waals surface area contributed by atoms with Gasteiger partial charge in [-0.05, 0) is 36.8 Å². The summed E-state index contributed by atoms with van der Waals surface area (Å²) in [5.74, 6) is 0. The van der Waals surface area contributed by atoms with Crippen LogP contribution in [-0.4, -0.2) is 8.42 Å². The molecule has 0 atom stereocenters. The molecule has 0 aliphatic carbocycles. The van der Waals surface area contributed by atoms with Gasteiger partial charge in [0, 0.05) is 10.2 Å². The fourth-order valence-corrected chi connectivity index (χ4v) is 4.37. The number of nitrogen functional groups attached to an aromatic ring is 1. The lowest BCUT2D eigenvalue weighted by Gasteiger charge is -2.14. The van der Waals surface area contributed by atoms with E-state index >= 15 is 0 Å². The van der Waals surface area contributed by atoms with Crippen molar-refractivity contribution in [2.24, 2.45) is 0 Å². The Bertz CT molecular complexity index is 790. The van der Waals surface area contributed by atoms with E-state index in [4.69, 9.17) is 28.9 Å². The van der Waals surface area contributed by atoms with Crippen molar-refractivity contribution in [3.63, 3.8) is 0 Å². The van der Waals surface area contributed by atoms with Gasteiger partial charge in [0.05, 0.1) is 20.6 Å². The molecular weight excluding hydrogens is 399 g/mol. The molecule has 0 aliphatic heterocycles. The number of anilines is 2. The molecule has 0 saturated heterocycles. The third kappa shape index (κ3) is 3.45. The van der Waals surface area contributed by atoms with Crippen LogP contribution in [0.2, 0.25) is 10.0 Å². The molecule has 0 saturated carbocycles. The number of para-hydroxylation sites is 1. The molecule has 21 heavy (non-hydrogen) atoms. The lowest BCUT2D eigenvalue weighted by Crippen LogP contribution is -2.15. The molecule has 0 radical (unpaired) electrons. The molecule has 2 aromatic rings. The fourth-order valence-electron chi connectivity index (χ4n) is 1.74. The van der Waals surface area contributed by atoms with Crippen LogP contribution in [0.25, 0.3) is 0 Å². The first-order chi connectivity index (χ1) is 9.72. The van der Waals surface area contributed by atoms with E-state index in [0.717, 1.165) is 0 Å². The minimum atomic E-state index is -3.86. The zero-order chi connectivity index (χ0) is 15.8. The minimum Gasteiger partial charge on any atom is -0.398 e. The highest BCUT2D eigenvalue weighted by molar-refractivity contribution is 9.10. The second-order valence-electron chi connectivity index (χ2n) is 4.32. The fraction of sp³-hybridized carbons (Fsp3) is 0.0769. The van der Waals surface area contributed by atoms with Crippen LogP contribution in [0.4, 0.5) is 11.4 Å². The van der Waals surface area contributed by atoms with Crippen molar-refractivity contribution in [1.29, 1.82) is 0 Å². The number of nitrogens with two attached hydrogens (primary N) is 1. The molecule has 2 rings (SSSR count). The third-order valence-corrected chi connectivity index (χ3v) is 5.42. The van der Waals surface area contributed by atoms with Crippen molar-refractivity contribution in [1.82, 2.24) is 0 Å². The first-order valence-corrected chi connectivity index (χ1v) is 8.78. The molecular formula is C13H11BrCl2N2O2S. The van der Waals surface area contributed by atoms with E-state index in [1.807, 2.05) is 0 Å². The Morgan fingerprint density at radius 2 is 1.76 bits per heavy atom. The second kappa shape index (κ2) is 6.04. The van der Waals surface area contributed by atoms with Gasteiger partial charge >= 0.3 is 0 Å². The average molecular weight is 410 g/mol. The molecule has 0 heterocycles. The van der Waals surface area contributed by atoms with Crippen LogP contribution in [0, 0.1) is 6.92 Å². The van der Waals surface area contributed by atoms with Crippen molar-refractivity contribution in [2.45, 2.75) is 11.8 Å². The molecule has 0 fully saturated rings. The van der Waals surface area contributed by atoms with Gasteiger partial charge in [0.1, 0.15) is 0 Å². The summed E-state index contributed by atoms with van der Waals surface area (Å²) in [5.41, 5.74) is 6.76. The number of hydrogen-bond acceptors (Lipinski definition) is 3. The Morgan fingerprint density at radius 1 is 1.19 bits per heavy atom. The number of sulfonamides is 1. The molecule has 8 heteroatoms. The SMILES string of the molecule is Cc1c(N)cc(Br)cc1S(=O)(=O)Nc1c(Cl)cccc1Cl. The first kappa shape index (κ1) is 16.4. The Balaban J connectivity index is 2.54. The highest BCUT2D eigenvalue weighted by Crippen LogP contribution is 2.33. The molecule has 4 nitrogen and oxygen atoms in total. The van der Waals surface area contributed by atoms with Crippen LogP contribution in [0.1, 0.15) is 5.56 Å². The standard InChI is InChI=1S/C13H11BrCl2N2O2S/c1-7-11(17)5-8(14)6-12(7)21(19,20)18-13-9(15)3-2-4-10(13)16/h2-6,18H,17H2,1H3. The zero-order valence-electron chi connectivity index (χ0n) is 10.8. The summed E-state index contributed by atoms with van der Waals surface area (Å²) in [6.45, 7) is 1.63. The summed E-state index contributed by atoms with van der Waals surface area (Å²) in [6.07, 6.45) is 0. The van der Waals surface area contributed by atoms with Gasteiger partial charge in [0.15, 0.2) is 0 Å². The van der Waals surface area contributed by atoms with Gasteiger partial charge in [0.25, 0.3) is 10.0 Å². The second-order valence-corrected chi connectivity index (χ2v) is 7.70. The topological polar surface area (TPSA) is 72.2 Å². The summed E-state index contributed by atoms with van der Waals surface area (Å²) in [5, 5.41) is 0.429. The monoisotopic (exact) mass is 408 g/mol. The van der Waals surface area contributed by atoms with Crippen LogP contribution in [0.15, 0.2) is 39.7 Å². The van der Waals surface area contributed by atoms with Gasteiger partial charge in [-0.2, -0.15) is 0 Å². The summed E-state index contributed by atoms with van der Waals surface area (Å²) in [4.78, 5) is 0.0605. The lowest BCUT2D eigenvalue weighted by molar-refractivity contribution is 0.600. The first-order valence-electron chi connectivity index (χ1n) is 5.75. The van der Waals surface area contributed by atoms with Gasteiger partial charge in [-0.25, -0.2) is 8.42 Å². The van der Waals surface area contributed by atoms with Crippen LogP contribution < -0.4 is 10.5 Å². The van der Waals surface area contributed by atoms with E-state index in [9.17, 15) is 8.42 Å². The van der Waals surface area contributed by atoms with Crippen LogP contribution >= 0.6 is 39.1 Å². The predicted octanol–water partition coefficient (Wildman–Crippen LogP) is 4.45. The maximum atomic E-state index is 12.5. The maximum Gasteiger partial charge on any atom is 0.262 e. The predicted molar refractivity (Wildman–Crippen MR) is 90.6 cm³/mol. The molecule has 0 aliphatic rings. The number of nitrogens with one attached hydrogen (secondary N) is 1. The Kier molecular flexibility index (Phi) is 4.72. The average Bonchev–Trinajstić information content (AvgIpc) is 2.38. The summed E-state index contributed by atoms with van der Waals surface area (Å²) >= 11 is 15.2. The van der Waals surface area contributed by atoms with E-state index in [2.05, 4.69) is 20.7 Å². The minimum absolute atomic E-state index is 0.0605. The smallest absolute Gasteiger partial charge is 0.262 e. The van der Waals surface area contributed by atoms with Crippen molar-refractivity contribution in [2.75, 3.05) is 10.5 Å². The van der Waals surface area contributed by atoms with Crippen LogP contribution in [-0.2, 0) is 10.0 Å². The highest BCUT2D eigenvalue weighted by Gasteiger charge is 2.21. The third-order valence-electron chi connectivity index (χ3n) is 2.85. The molecule has 0 spiro atoms. The van der Waals surface area contributed by atoms with E-state index in [1.54, 1.807) is 31.2 Å². The normalized spacial score (nSPS) is 11.4. The highest BCUT2D eigenvalue weighted by atomic mass is 79.9. The van der Waals surface area contributed by atoms with Crippen molar-refractivity contribution in [3.8, 4) is 0 Å². The lowest BCUT2D eigenvalue weighted by atomic mass is 10.2. The summed E-state index contributed by atoms with van der Waals surface area (Å²) < 4.78 is 28.0. The van der Waals surface area contributed by atoms with Gasteiger partial charge < -0.3 is 5.73 Å². The number of hydrogen-bond donors (Lipinski definition) is 2. The van der Waals surface area contributed by atoms with Crippen LogP contribution in [0.5, 0.6) is 0 Å². The van der Waals surface area contributed by atoms with Gasteiger partial charge in [-0.15, -0.1) is 0 Å². The molecule has 0 aromatic heterocycles.